The zero-order valence-corrected chi connectivity index (χ0v) is 10.3. The van der Waals surface area contributed by atoms with Crippen LogP contribution in [0.1, 0.15) is 5.69 Å². The maximum atomic E-state index is 8.95. The summed E-state index contributed by atoms with van der Waals surface area (Å²) in [6, 6.07) is 9.37. The Bertz CT molecular complexity index is 493. The predicted octanol–water partition coefficient (Wildman–Crippen LogP) is 2.58. The summed E-state index contributed by atoms with van der Waals surface area (Å²) in [6.45, 7) is 2.46. The molecule has 1 aromatic carbocycles. The number of aromatic nitrogens is 2. The standard InChI is InChI=1S/C12H14ClN3O/c1-9-8-12(16(15-9)6-7-17)14-11-4-2-10(13)3-5-11/h2-5,8,14,17H,6-7H2,1H3. The van der Waals surface area contributed by atoms with Crippen LogP contribution < -0.4 is 5.32 Å². The summed E-state index contributed by atoms with van der Waals surface area (Å²) in [4.78, 5) is 0. The largest absolute Gasteiger partial charge is 0.394 e. The Labute approximate surface area is 105 Å². The van der Waals surface area contributed by atoms with E-state index in [2.05, 4.69) is 10.4 Å². The van der Waals surface area contributed by atoms with Gasteiger partial charge in [0.25, 0.3) is 0 Å². The molecule has 2 rings (SSSR count). The molecule has 1 aromatic heterocycles. The number of hydrogen-bond donors (Lipinski definition) is 2. The van der Waals surface area contributed by atoms with Gasteiger partial charge in [-0.3, -0.25) is 0 Å². The van der Waals surface area contributed by atoms with Gasteiger partial charge in [-0.25, -0.2) is 4.68 Å². The SMILES string of the molecule is Cc1cc(Nc2ccc(Cl)cc2)n(CCO)n1. The maximum Gasteiger partial charge on any atom is 0.129 e. The summed E-state index contributed by atoms with van der Waals surface area (Å²) >= 11 is 5.82. The molecule has 0 aliphatic rings. The molecule has 2 N–H and O–H groups in total. The molecule has 0 saturated carbocycles. The number of hydrogen-bond acceptors (Lipinski definition) is 3. The molecular formula is C12H14ClN3O. The number of aliphatic hydroxyl groups is 1. The summed E-state index contributed by atoms with van der Waals surface area (Å²) < 4.78 is 1.74. The van der Waals surface area contributed by atoms with E-state index in [1.807, 2.05) is 37.3 Å². The molecule has 0 atom stereocenters. The van der Waals surface area contributed by atoms with Crippen molar-refractivity contribution < 1.29 is 5.11 Å². The topological polar surface area (TPSA) is 50.1 Å². The fourth-order valence-corrected chi connectivity index (χ4v) is 1.72. The van der Waals surface area contributed by atoms with Gasteiger partial charge >= 0.3 is 0 Å². The van der Waals surface area contributed by atoms with Gasteiger partial charge in [-0.05, 0) is 31.2 Å². The van der Waals surface area contributed by atoms with Gasteiger partial charge < -0.3 is 10.4 Å². The maximum absolute atomic E-state index is 8.95. The summed E-state index contributed by atoms with van der Waals surface area (Å²) in [7, 11) is 0. The highest BCUT2D eigenvalue weighted by atomic mass is 35.5. The highest BCUT2D eigenvalue weighted by Gasteiger charge is 2.04. The van der Waals surface area contributed by atoms with E-state index in [1.165, 1.54) is 0 Å². The normalized spacial score (nSPS) is 10.5. The molecule has 2 aromatic rings. The first-order valence-corrected chi connectivity index (χ1v) is 5.75. The number of rotatable bonds is 4. The fraction of sp³-hybridized carbons (Fsp3) is 0.250. The van der Waals surface area contributed by atoms with E-state index in [4.69, 9.17) is 16.7 Å². The van der Waals surface area contributed by atoms with Gasteiger partial charge in [-0.1, -0.05) is 11.6 Å². The molecule has 0 aliphatic carbocycles. The van der Waals surface area contributed by atoms with Crippen molar-refractivity contribution in [1.82, 2.24) is 9.78 Å². The molecule has 0 aliphatic heterocycles. The van der Waals surface area contributed by atoms with Crippen molar-refractivity contribution >= 4 is 23.1 Å². The van der Waals surface area contributed by atoms with Crippen molar-refractivity contribution in [3.63, 3.8) is 0 Å². The minimum Gasteiger partial charge on any atom is -0.394 e. The van der Waals surface area contributed by atoms with Crippen molar-refractivity contribution in [2.75, 3.05) is 11.9 Å². The molecule has 0 amide bonds. The molecule has 90 valence electrons. The molecule has 0 radical (unpaired) electrons. The Morgan fingerprint density at radius 3 is 2.71 bits per heavy atom. The molecule has 0 spiro atoms. The van der Waals surface area contributed by atoms with E-state index in [9.17, 15) is 0 Å². The van der Waals surface area contributed by atoms with Crippen molar-refractivity contribution in [2.24, 2.45) is 0 Å². The van der Waals surface area contributed by atoms with Crippen molar-refractivity contribution in [2.45, 2.75) is 13.5 Å². The number of aryl methyl sites for hydroxylation is 1. The minimum atomic E-state index is 0.0659. The quantitative estimate of drug-likeness (QED) is 0.878. The van der Waals surface area contributed by atoms with Crippen LogP contribution in [0.15, 0.2) is 30.3 Å². The van der Waals surface area contributed by atoms with Gasteiger partial charge in [0.2, 0.25) is 0 Å². The average molecular weight is 252 g/mol. The van der Waals surface area contributed by atoms with Gasteiger partial charge in [-0.2, -0.15) is 5.10 Å². The summed E-state index contributed by atoms with van der Waals surface area (Å²) in [5.74, 6) is 0.860. The lowest BCUT2D eigenvalue weighted by Gasteiger charge is -2.08. The summed E-state index contributed by atoms with van der Waals surface area (Å²) in [6.07, 6.45) is 0. The van der Waals surface area contributed by atoms with Gasteiger partial charge in [0.15, 0.2) is 0 Å². The van der Waals surface area contributed by atoms with Gasteiger partial charge in [0.05, 0.1) is 18.8 Å². The summed E-state index contributed by atoms with van der Waals surface area (Å²) in [5, 5.41) is 17.2. The van der Waals surface area contributed by atoms with E-state index in [0.29, 0.717) is 11.6 Å². The average Bonchev–Trinajstić information content (AvgIpc) is 2.63. The molecule has 0 bridgehead atoms. The van der Waals surface area contributed by atoms with Crippen LogP contribution in [0.25, 0.3) is 0 Å². The fourth-order valence-electron chi connectivity index (χ4n) is 1.59. The monoisotopic (exact) mass is 251 g/mol. The van der Waals surface area contributed by atoms with E-state index in [0.717, 1.165) is 17.2 Å². The summed E-state index contributed by atoms with van der Waals surface area (Å²) in [5.41, 5.74) is 1.85. The molecule has 0 unspecified atom stereocenters. The number of halogens is 1. The van der Waals surface area contributed by atoms with E-state index >= 15 is 0 Å². The van der Waals surface area contributed by atoms with Crippen LogP contribution in [-0.4, -0.2) is 21.5 Å². The smallest absolute Gasteiger partial charge is 0.129 e. The number of benzene rings is 1. The van der Waals surface area contributed by atoms with Crippen molar-refractivity contribution in [3.05, 3.63) is 41.0 Å². The van der Waals surface area contributed by atoms with Crippen LogP contribution in [-0.2, 0) is 6.54 Å². The second kappa shape index (κ2) is 5.21. The minimum absolute atomic E-state index is 0.0659. The van der Waals surface area contributed by atoms with Crippen molar-refractivity contribution in [3.8, 4) is 0 Å². The van der Waals surface area contributed by atoms with Gasteiger partial charge in [0.1, 0.15) is 5.82 Å². The van der Waals surface area contributed by atoms with Crippen molar-refractivity contribution in [1.29, 1.82) is 0 Å². The highest BCUT2D eigenvalue weighted by molar-refractivity contribution is 6.30. The Hall–Kier alpha value is -1.52. The molecular weight excluding hydrogens is 238 g/mol. The first-order valence-electron chi connectivity index (χ1n) is 5.37. The van der Waals surface area contributed by atoms with Gasteiger partial charge in [-0.15, -0.1) is 0 Å². The van der Waals surface area contributed by atoms with E-state index in [-0.39, 0.29) is 6.61 Å². The van der Waals surface area contributed by atoms with Crippen LogP contribution in [0.5, 0.6) is 0 Å². The second-order valence-corrected chi connectivity index (χ2v) is 4.19. The third kappa shape index (κ3) is 2.99. The number of nitrogens with zero attached hydrogens (tertiary/aromatic N) is 2. The number of nitrogens with one attached hydrogen (secondary N) is 1. The molecule has 17 heavy (non-hydrogen) atoms. The molecule has 1 heterocycles. The lowest BCUT2D eigenvalue weighted by Crippen LogP contribution is -2.07. The number of aliphatic hydroxyl groups excluding tert-OH is 1. The number of anilines is 2. The highest BCUT2D eigenvalue weighted by Crippen LogP contribution is 2.19. The van der Waals surface area contributed by atoms with Crippen LogP contribution in [0.3, 0.4) is 0 Å². The molecule has 0 saturated heterocycles. The zero-order valence-electron chi connectivity index (χ0n) is 9.52. The van der Waals surface area contributed by atoms with Crippen LogP contribution >= 0.6 is 11.6 Å². The third-order valence-corrected chi connectivity index (χ3v) is 2.58. The van der Waals surface area contributed by atoms with Crippen LogP contribution in [0.4, 0.5) is 11.5 Å². The lowest BCUT2D eigenvalue weighted by atomic mass is 10.3. The Balaban J connectivity index is 2.20. The van der Waals surface area contributed by atoms with Gasteiger partial charge in [0, 0.05) is 16.8 Å². The lowest BCUT2D eigenvalue weighted by molar-refractivity contribution is 0.270. The predicted molar refractivity (Wildman–Crippen MR) is 68.8 cm³/mol. The van der Waals surface area contributed by atoms with Crippen LogP contribution in [0, 0.1) is 6.92 Å². The second-order valence-electron chi connectivity index (χ2n) is 3.75. The first-order chi connectivity index (χ1) is 8.19. The van der Waals surface area contributed by atoms with E-state index < -0.39 is 0 Å². The molecule has 5 heteroatoms. The Morgan fingerprint density at radius 1 is 1.35 bits per heavy atom. The van der Waals surface area contributed by atoms with Crippen LogP contribution in [0.2, 0.25) is 5.02 Å². The molecule has 0 fully saturated rings. The zero-order chi connectivity index (χ0) is 12.3. The van der Waals surface area contributed by atoms with E-state index in [1.54, 1.807) is 4.68 Å². The first kappa shape index (κ1) is 12.0. The molecule has 4 nitrogen and oxygen atoms in total. The Morgan fingerprint density at radius 2 is 2.06 bits per heavy atom. The third-order valence-electron chi connectivity index (χ3n) is 2.33. The Kier molecular flexibility index (Phi) is 3.66.